The molecule has 3 aromatic carbocycles. The Balaban J connectivity index is 1.17. The summed E-state index contributed by atoms with van der Waals surface area (Å²) in [6.07, 6.45) is -0.327. The van der Waals surface area contributed by atoms with Gasteiger partial charge in [-0.2, -0.15) is 0 Å². The van der Waals surface area contributed by atoms with Gasteiger partial charge in [-0.25, -0.2) is 4.79 Å². The molecule has 8 nitrogen and oxygen atoms in total. The van der Waals surface area contributed by atoms with E-state index >= 15 is 0 Å². The quantitative estimate of drug-likeness (QED) is 0.454. The van der Waals surface area contributed by atoms with Crippen molar-refractivity contribution in [3.8, 4) is 22.8 Å². The zero-order valence-corrected chi connectivity index (χ0v) is 17.5. The minimum atomic E-state index is -0.613. The Morgan fingerprint density at radius 2 is 1.79 bits per heavy atom. The predicted octanol–water partition coefficient (Wildman–Crippen LogP) is 3.61. The molecule has 5 rings (SSSR count). The molecule has 0 spiro atoms. The van der Waals surface area contributed by atoms with E-state index < -0.39 is 18.5 Å². The maximum Gasteiger partial charge on any atom is 0.338 e. The van der Waals surface area contributed by atoms with Crippen LogP contribution in [-0.2, 0) is 9.53 Å². The SMILES string of the molecule is O=C(COC(=O)c1ccc2noc(-c3ccccc3)c2c1)NCC1COc2ccccc2O1. The molecule has 0 saturated carbocycles. The zero-order valence-electron chi connectivity index (χ0n) is 17.5. The van der Waals surface area contributed by atoms with E-state index in [1.165, 1.54) is 0 Å². The van der Waals surface area contributed by atoms with E-state index in [2.05, 4.69) is 10.5 Å². The van der Waals surface area contributed by atoms with E-state index in [9.17, 15) is 9.59 Å². The molecule has 1 N–H and O–H groups in total. The highest BCUT2D eigenvalue weighted by molar-refractivity contribution is 5.99. The molecular formula is C25H20N2O6. The fraction of sp³-hybridized carbons (Fsp3) is 0.160. The number of ether oxygens (including phenoxy) is 3. The van der Waals surface area contributed by atoms with E-state index in [0.717, 1.165) is 5.56 Å². The van der Waals surface area contributed by atoms with Crippen LogP contribution in [0.15, 0.2) is 77.3 Å². The summed E-state index contributed by atoms with van der Waals surface area (Å²) in [4.78, 5) is 24.7. The van der Waals surface area contributed by atoms with Crippen molar-refractivity contribution in [3.63, 3.8) is 0 Å². The summed E-state index contributed by atoms with van der Waals surface area (Å²) in [5, 5.41) is 7.43. The van der Waals surface area contributed by atoms with E-state index in [1.807, 2.05) is 48.5 Å². The van der Waals surface area contributed by atoms with Gasteiger partial charge in [-0.1, -0.05) is 47.6 Å². The first-order valence-corrected chi connectivity index (χ1v) is 10.4. The van der Waals surface area contributed by atoms with Gasteiger partial charge in [-0.15, -0.1) is 0 Å². The third-order valence-electron chi connectivity index (χ3n) is 5.18. The van der Waals surface area contributed by atoms with Crippen molar-refractivity contribution in [1.82, 2.24) is 10.5 Å². The van der Waals surface area contributed by atoms with E-state index in [1.54, 1.807) is 24.3 Å². The third-order valence-corrected chi connectivity index (χ3v) is 5.18. The second kappa shape index (κ2) is 9.04. The third kappa shape index (κ3) is 4.50. The van der Waals surface area contributed by atoms with Crippen LogP contribution in [0.5, 0.6) is 11.5 Å². The van der Waals surface area contributed by atoms with Gasteiger partial charge in [0.15, 0.2) is 23.9 Å². The molecule has 33 heavy (non-hydrogen) atoms. The fourth-order valence-corrected chi connectivity index (χ4v) is 3.52. The summed E-state index contributed by atoms with van der Waals surface area (Å²) in [5.41, 5.74) is 1.78. The number of carbonyl (C=O) groups is 2. The molecule has 0 saturated heterocycles. The summed E-state index contributed by atoms with van der Waals surface area (Å²) in [6.45, 7) is 0.146. The van der Waals surface area contributed by atoms with Crippen molar-refractivity contribution in [2.24, 2.45) is 0 Å². The van der Waals surface area contributed by atoms with Crippen LogP contribution >= 0.6 is 0 Å². The van der Waals surface area contributed by atoms with Crippen molar-refractivity contribution < 1.29 is 28.3 Å². The Labute approximate surface area is 189 Å². The molecule has 0 fully saturated rings. The number of benzene rings is 3. The number of esters is 1. The Kier molecular flexibility index (Phi) is 5.63. The molecule has 1 aromatic heterocycles. The van der Waals surface area contributed by atoms with Crippen LogP contribution in [0.3, 0.4) is 0 Å². The first-order valence-electron chi connectivity index (χ1n) is 10.4. The highest BCUT2D eigenvalue weighted by Gasteiger charge is 2.21. The Morgan fingerprint density at radius 3 is 2.64 bits per heavy atom. The molecule has 1 atom stereocenters. The number of hydrogen-bond donors (Lipinski definition) is 1. The van der Waals surface area contributed by atoms with Crippen LogP contribution in [0, 0.1) is 0 Å². The van der Waals surface area contributed by atoms with Gasteiger partial charge in [0.2, 0.25) is 0 Å². The number of hydrogen-bond acceptors (Lipinski definition) is 7. The molecule has 0 radical (unpaired) electrons. The normalized spacial score (nSPS) is 14.6. The maximum atomic E-state index is 12.5. The van der Waals surface area contributed by atoms with E-state index in [0.29, 0.717) is 40.3 Å². The minimum Gasteiger partial charge on any atom is -0.486 e. The molecule has 1 aliphatic heterocycles. The Bertz CT molecular complexity index is 1300. The topological polar surface area (TPSA) is 99.9 Å². The Morgan fingerprint density at radius 1 is 1.00 bits per heavy atom. The first kappa shape index (κ1) is 20.6. The van der Waals surface area contributed by atoms with Crippen LogP contribution in [0.25, 0.3) is 22.2 Å². The van der Waals surface area contributed by atoms with Crippen LogP contribution < -0.4 is 14.8 Å². The summed E-state index contributed by atoms with van der Waals surface area (Å²) >= 11 is 0. The molecule has 166 valence electrons. The molecule has 8 heteroatoms. The lowest BCUT2D eigenvalue weighted by atomic mass is 10.1. The van der Waals surface area contributed by atoms with Crippen molar-refractivity contribution in [3.05, 3.63) is 78.4 Å². The number of nitrogens with one attached hydrogen (secondary N) is 1. The van der Waals surface area contributed by atoms with E-state index in [4.69, 9.17) is 18.7 Å². The van der Waals surface area contributed by atoms with Crippen LogP contribution in [-0.4, -0.2) is 42.9 Å². The van der Waals surface area contributed by atoms with Crippen molar-refractivity contribution in [2.75, 3.05) is 19.8 Å². The van der Waals surface area contributed by atoms with Crippen LogP contribution in [0.4, 0.5) is 0 Å². The van der Waals surface area contributed by atoms with Gasteiger partial charge in [-0.3, -0.25) is 4.79 Å². The molecular weight excluding hydrogens is 424 g/mol. The predicted molar refractivity (Wildman–Crippen MR) is 119 cm³/mol. The van der Waals surface area contributed by atoms with Crippen LogP contribution in [0.1, 0.15) is 10.4 Å². The number of para-hydroxylation sites is 2. The molecule has 1 aliphatic rings. The lowest BCUT2D eigenvalue weighted by Crippen LogP contribution is -2.42. The van der Waals surface area contributed by atoms with Crippen LogP contribution in [0.2, 0.25) is 0 Å². The van der Waals surface area contributed by atoms with Gasteiger partial charge in [-0.05, 0) is 30.3 Å². The lowest BCUT2D eigenvalue weighted by Gasteiger charge is -2.26. The van der Waals surface area contributed by atoms with Crippen molar-refractivity contribution in [2.45, 2.75) is 6.10 Å². The number of aromatic nitrogens is 1. The molecule has 2 heterocycles. The monoisotopic (exact) mass is 444 g/mol. The summed E-state index contributed by atoms with van der Waals surface area (Å²) in [5.74, 6) is 0.831. The fourth-order valence-electron chi connectivity index (χ4n) is 3.52. The van der Waals surface area contributed by atoms with E-state index in [-0.39, 0.29) is 12.6 Å². The second-order valence-electron chi connectivity index (χ2n) is 7.49. The highest BCUT2D eigenvalue weighted by atomic mass is 16.6. The second-order valence-corrected chi connectivity index (χ2v) is 7.49. The van der Waals surface area contributed by atoms with Gasteiger partial charge >= 0.3 is 5.97 Å². The standard InChI is InChI=1S/C25H20N2O6/c28-23(26-13-18-14-30-21-8-4-5-9-22(21)32-18)15-31-25(29)17-10-11-20-19(12-17)24(33-27-20)16-6-2-1-3-7-16/h1-12,18H,13-15H2,(H,26,28). The molecule has 1 unspecified atom stereocenters. The van der Waals surface area contributed by atoms with Gasteiger partial charge in [0.25, 0.3) is 5.91 Å². The number of carbonyl (C=O) groups excluding carboxylic acids is 2. The largest absolute Gasteiger partial charge is 0.486 e. The smallest absolute Gasteiger partial charge is 0.338 e. The zero-order chi connectivity index (χ0) is 22.6. The molecule has 4 aromatic rings. The number of amides is 1. The van der Waals surface area contributed by atoms with Gasteiger partial charge in [0.05, 0.1) is 17.5 Å². The Hall–Kier alpha value is -4.33. The maximum absolute atomic E-state index is 12.5. The summed E-state index contributed by atoms with van der Waals surface area (Å²) in [6, 6.07) is 21.7. The average Bonchev–Trinajstić information content (AvgIpc) is 3.29. The molecule has 0 aliphatic carbocycles. The average molecular weight is 444 g/mol. The first-order chi connectivity index (χ1) is 16.2. The van der Waals surface area contributed by atoms with Gasteiger partial charge in [0.1, 0.15) is 18.2 Å². The van der Waals surface area contributed by atoms with Crippen molar-refractivity contribution >= 4 is 22.8 Å². The van der Waals surface area contributed by atoms with Gasteiger partial charge in [0, 0.05) is 5.56 Å². The van der Waals surface area contributed by atoms with Gasteiger partial charge < -0.3 is 24.1 Å². The molecule has 1 amide bonds. The van der Waals surface area contributed by atoms with Crippen molar-refractivity contribution in [1.29, 1.82) is 0 Å². The lowest BCUT2D eigenvalue weighted by molar-refractivity contribution is -0.124. The number of fused-ring (bicyclic) bond motifs is 2. The summed E-state index contributed by atoms with van der Waals surface area (Å²) < 4.78 is 22.1. The number of rotatable bonds is 6. The minimum absolute atomic E-state index is 0.234. The number of nitrogens with zero attached hydrogens (tertiary/aromatic N) is 1. The summed E-state index contributed by atoms with van der Waals surface area (Å²) in [7, 11) is 0. The molecule has 0 bridgehead atoms. The highest BCUT2D eigenvalue weighted by Crippen LogP contribution is 2.31.